The van der Waals surface area contributed by atoms with Crippen molar-refractivity contribution in [3.63, 3.8) is 0 Å². The molecule has 2 saturated heterocycles. The fourth-order valence-electron chi connectivity index (χ4n) is 7.28. The van der Waals surface area contributed by atoms with Gasteiger partial charge in [0.2, 0.25) is 0 Å². The van der Waals surface area contributed by atoms with Crippen LogP contribution in [0.1, 0.15) is 47.9 Å². The number of methoxy groups -OCH3 is 1. The Morgan fingerprint density at radius 1 is 1.13 bits per heavy atom. The summed E-state index contributed by atoms with van der Waals surface area (Å²) in [6, 6.07) is 14.1. The molecule has 4 aliphatic rings. The Labute approximate surface area is 270 Å². The van der Waals surface area contributed by atoms with E-state index in [9.17, 15) is 14.3 Å². The number of halogens is 2. The molecule has 0 spiro atoms. The molecule has 4 aromatic rings. The van der Waals surface area contributed by atoms with Crippen LogP contribution in [0.5, 0.6) is 17.2 Å². The molecule has 1 N–H and O–H groups in total. The minimum atomic E-state index is -1.32. The van der Waals surface area contributed by atoms with Crippen LogP contribution in [0.15, 0.2) is 48.5 Å². The smallest absolute Gasteiger partial charge is 0.335 e. The molecular weight excluding hydrogens is 615 g/mol. The number of aromatic carboxylic acids is 1. The van der Waals surface area contributed by atoms with Crippen LogP contribution in [0, 0.1) is 5.82 Å². The van der Waals surface area contributed by atoms with Crippen molar-refractivity contribution in [3.05, 3.63) is 76.3 Å². The topological polar surface area (TPSA) is 98.5 Å². The molecule has 1 aromatic heterocycles. The largest absolute Gasteiger partial charge is 0.494 e. The van der Waals surface area contributed by atoms with Crippen molar-refractivity contribution >= 4 is 34.3 Å². The van der Waals surface area contributed by atoms with Gasteiger partial charge in [-0.05, 0) is 61.7 Å². The highest BCUT2D eigenvalue weighted by Crippen LogP contribution is 2.51. The lowest BCUT2D eigenvalue weighted by Crippen LogP contribution is -2.64. The number of nitrogens with zero attached hydrogens (tertiary/aromatic N) is 4. The molecule has 0 bridgehead atoms. The van der Waals surface area contributed by atoms with Gasteiger partial charge in [0.25, 0.3) is 5.79 Å². The van der Waals surface area contributed by atoms with Gasteiger partial charge in [0, 0.05) is 43.7 Å². The van der Waals surface area contributed by atoms with Crippen LogP contribution in [-0.4, -0.2) is 70.5 Å². The normalized spacial score (nSPS) is 25.2. The van der Waals surface area contributed by atoms with E-state index in [-0.39, 0.29) is 29.3 Å². The van der Waals surface area contributed by atoms with Crippen LogP contribution in [-0.2, 0) is 23.6 Å². The van der Waals surface area contributed by atoms with E-state index in [1.165, 1.54) is 19.2 Å². The number of hydrogen-bond donors (Lipinski definition) is 1. The quantitative estimate of drug-likeness (QED) is 0.253. The monoisotopic (exact) mass is 648 g/mol. The predicted octanol–water partition coefficient (Wildman–Crippen LogP) is 5.82. The first-order chi connectivity index (χ1) is 22.2. The molecule has 46 heavy (non-hydrogen) atoms. The van der Waals surface area contributed by atoms with Crippen molar-refractivity contribution in [1.82, 2.24) is 14.5 Å². The molecule has 8 rings (SSSR count). The average molecular weight is 649 g/mol. The van der Waals surface area contributed by atoms with E-state index in [0.29, 0.717) is 40.9 Å². The Morgan fingerprint density at radius 2 is 1.96 bits per heavy atom. The first-order valence-corrected chi connectivity index (χ1v) is 16.0. The zero-order valence-corrected chi connectivity index (χ0v) is 26.3. The van der Waals surface area contributed by atoms with Gasteiger partial charge < -0.3 is 33.5 Å². The lowest BCUT2D eigenvalue weighted by atomic mass is 9.81. The molecule has 10 nitrogen and oxygen atoms in total. The van der Waals surface area contributed by atoms with Gasteiger partial charge in [-0.25, -0.2) is 14.2 Å². The van der Waals surface area contributed by atoms with Crippen molar-refractivity contribution < 1.29 is 33.2 Å². The highest BCUT2D eigenvalue weighted by molar-refractivity contribution is 6.30. The number of para-hydroxylation sites is 1. The molecule has 12 heteroatoms. The lowest BCUT2D eigenvalue weighted by molar-refractivity contribution is -0.0706. The number of fused-ring (bicyclic) bond motifs is 3. The molecule has 0 amide bonds. The molecular formula is C34H34ClFN4O6. The second-order valence-corrected chi connectivity index (χ2v) is 13.0. The van der Waals surface area contributed by atoms with Crippen LogP contribution >= 0.6 is 11.6 Å². The molecule has 0 unspecified atom stereocenters. The summed E-state index contributed by atoms with van der Waals surface area (Å²) in [6.07, 6.45) is 3.09. The zero-order chi connectivity index (χ0) is 31.7. The van der Waals surface area contributed by atoms with Crippen molar-refractivity contribution in [2.45, 2.75) is 63.3 Å². The molecule has 4 heterocycles. The second-order valence-electron chi connectivity index (χ2n) is 12.5. The van der Waals surface area contributed by atoms with Gasteiger partial charge in [-0.1, -0.05) is 17.7 Å². The molecule has 3 fully saturated rings. The summed E-state index contributed by atoms with van der Waals surface area (Å²) in [5, 5.41) is 10.1. The van der Waals surface area contributed by atoms with E-state index in [4.69, 9.17) is 35.5 Å². The average Bonchev–Trinajstić information content (AvgIpc) is 3.51. The van der Waals surface area contributed by atoms with Crippen LogP contribution in [0.4, 0.5) is 10.1 Å². The number of piperazine rings is 1. The molecule has 0 radical (unpaired) electrons. The fraction of sp³-hybridized carbons (Fsp3) is 0.412. The summed E-state index contributed by atoms with van der Waals surface area (Å²) in [7, 11) is 1.54. The van der Waals surface area contributed by atoms with E-state index < -0.39 is 17.6 Å². The number of anilines is 1. The van der Waals surface area contributed by atoms with Gasteiger partial charge in [-0.3, -0.25) is 4.90 Å². The third-order valence-corrected chi connectivity index (χ3v) is 10.1. The van der Waals surface area contributed by atoms with Gasteiger partial charge in [-0.15, -0.1) is 0 Å². The molecule has 3 aromatic carbocycles. The summed E-state index contributed by atoms with van der Waals surface area (Å²) in [5.74, 6) is -0.313. The number of carboxylic acid groups (broad SMARTS) is 1. The zero-order valence-electron chi connectivity index (χ0n) is 25.5. The Balaban J connectivity index is 1.07. The number of aromatic nitrogens is 2. The van der Waals surface area contributed by atoms with Crippen LogP contribution in [0.25, 0.3) is 11.0 Å². The van der Waals surface area contributed by atoms with Crippen molar-refractivity contribution in [2.75, 3.05) is 31.7 Å². The van der Waals surface area contributed by atoms with Gasteiger partial charge in [0.15, 0.2) is 11.5 Å². The number of rotatable bonds is 8. The van der Waals surface area contributed by atoms with E-state index in [1.54, 1.807) is 25.1 Å². The van der Waals surface area contributed by atoms with Crippen LogP contribution in [0.2, 0.25) is 5.02 Å². The lowest BCUT2D eigenvalue weighted by Gasteiger charge is -2.54. The number of carbonyl (C=O) groups is 1. The molecule has 240 valence electrons. The second kappa shape index (κ2) is 11.0. The number of ether oxygens (including phenoxy) is 4. The highest BCUT2D eigenvalue weighted by atomic mass is 35.5. The number of benzene rings is 3. The Bertz CT molecular complexity index is 1860. The maximum Gasteiger partial charge on any atom is 0.335 e. The molecule has 1 aliphatic carbocycles. The van der Waals surface area contributed by atoms with Crippen molar-refractivity contribution in [3.8, 4) is 17.2 Å². The highest BCUT2D eigenvalue weighted by Gasteiger charge is 2.47. The first kappa shape index (κ1) is 29.3. The van der Waals surface area contributed by atoms with E-state index in [2.05, 4.69) is 14.4 Å². The summed E-state index contributed by atoms with van der Waals surface area (Å²) >= 11 is 6.01. The van der Waals surface area contributed by atoms with Crippen LogP contribution < -0.4 is 19.1 Å². The minimum Gasteiger partial charge on any atom is -0.494 e. The molecule has 4 atom stereocenters. The standard InChI is InChI=1S/C34H34ClFN4O6/c1-34(22-7-6-20(35)16-23(22)36)45-28-5-3-4-26(32(28)46-34)39-12-11-38(24-8-9-25(24)39)18-30-37-31-27(40(30)17-21-10-13-44-21)14-19(33(41)42)15-29(31)43-2/h3-7,14-16,21,24-25H,8-13,17-18H2,1-2H3,(H,41,42)/t21-,24+,25-,34-/m0/s1. The van der Waals surface area contributed by atoms with Crippen LogP contribution in [0.3, 0.4) is 0 Å². The predicted molar refractivity (Wildman–Crippen MR) is 169 cm³/mol. The number of carboxylic acids is 1. The Kier molecular flexibility index (Phi) is 7.04. The van der Waals surface area contributed by atoms with Crippen molar-refractivity contribution in [1.29, 1.82) is 0 Å². The third kappa shape index (κ3) is 4.75. The Morgan fingerprint density at radius 3 is 2.65 bits per heavy atom. The summed E-state index contributed by atoms with van der Waals surface area (Å²) < 4.78 is 41.1. The Hall–Kier alpha value is -4.06. The van der Waals surface area contributed by atoms with Gasteiger partial charge in [0.05, 0.1) is 48.6 Å². The molecule has 3 aliphatic heterocycles. The van der Waals surface area contributed by atoms with Crippen molar-refractivity contribution in [2.24, 2.45) is 0 Å². The third-order valence-electron chi connectivity index (χ3n) is 9.88. The van der Waals surface area contributed by atoms with E-state index >= 15 is 0 Å². The summed E-state index contributed by atoms with van der Waals surface area (Å²) in [5.41, 5.74) is 2.78. The molecule has 1 saturated carbocycles. The first-order valence-electron chi connectivity index (χ1n) is 15.6. The number of hydrogen-bond acceptors (Lipinski definition) is 8. The summed E-state index contributed by atoms with van der Waals surface area (Å²) in [4.78, 5) is 21.8. The van der Waals surface area contributed by atoms with Gasteiger partial charge in [-0.2, -0.15) is 0 Å². The van der Waals surface area contributed by atoms with Gasteiger partial charge >= 0.3 is 5.97 Å². The number of imidazole rings is 1. The SMILES string of the molecule is COc1cc(C(=O)O)cc2c1nc(CN1CCN(c3cccc4c3O[C@@](C)(c3ccc(Cl)cc3F)O4)[C@H]3CC[C@H]31)n2C[C@@H]1CCO1. The van der Waals surface area contributed by atoms with E-state index in [0.717, 1.165) is 56.0 Å². The maximum absolute atomic E-state index is 15.0. The fourth-order valence-corrected chi connectivity index (χ4v) is 7.44. The minimum absolute atomic E-state index is 0.0679. The summed E-state index contributed by atoms with van der Waals surface area (Å²) in [6.45, 7) is 5.21. The van der Waals surface area contributed by atoms with E-state index in [1.807, 2.05) is 18.2 Å². The van der Waals surface area contributed by atoms with Gasteiger partial charge in [0.1, 0.15) is 22.9 Å². The maximum atomic E-state index is 15.0.